The lowest BCUT2D eigenvalue weighted by molar-refractivity contribution is 0.336. The fourth-order valence-corrected chi connectivity index (χ4v) is 1.12. The van der Waals surface area contributed by atoms with Crippen LogP contribution in [-0.4, -0.2) is 21.6 Å². The van der Waals surface area contributed by atoms with E-state index in [-0.39, 0.29) is 0 Å². The van der Waals surface area contributed by atoms with Crippen LogP contribution >= 0.6 is 0 Å². The molecule has 0 bridgehead atoms. The lowest BCUT2D eigenvalue weighted by atomic mass is 9.97. The van der Waals surface area contributed by atoms with Crippen molar-refractivity contribution in [2.75, 3.05) is 13.7 Å². The van der Waals surface area contributed by atoms with Crippen LogP contribution < -0.4 is 9.47 Å². The third-order valence-electron chi connectivity index (χ3n) is 1.72. The van der Waals surface area contributed by atoms with Gasteiger partial charge in [-0.25, -0.2) is 0 Å². The molecule has 1 rings (SSSR count). The summed E-state index contributed by atoms with van der Waals surface area (Å²) in [6, 6.07) is 5.68. The highest BCUT2D eigenvalue weighted by Crippen LogP contribution is 2.22. The predicted octanol–water partition coefficient (Wildman–Crippen LogP) is 1.76. The molecule has 0 saturated heterocycles. The van der Waals surface area contributed by atoms with Crippen molar-refractivity contribution in [3.63, 3.8) is 0 Å². The Morgan fingerprint density at radius 1 is 1.23 bits per heavy atom. The summed E-state index contributed by atoms with van der Waals surface area (Å²) in [5, 5.41) is 0. The Bertz CT molecular complexity index is 251. The van der Waals surface area contributed by atoms with Crippen LogP contribution in [0.1, 0.15) is 12.5 Å². The van der Waals surface area contributed by atoms with E-state index in [1.165, 1.54) is 0 Å². The zero-order valence-electron chi connectivity index (χ0n) is 8.04. The van der Waals surface area contributed by atoms with Gasteiger partial charge in [-0.1, -0.05) is 6.32 Å². The summed E-state index contributed by atoms with van der Waals surface area (Å²) < 4.78 is 10.5. The Morgan fingerprint density at radius 3 is 2.46 bits per heavy atom. The van der Waals surface area contributed by atoms with Crippen molar-refractivity contribution in [2.24, 2.45) is 0 Å². The highest BCUT2D eigenvalue weighted by Gasteiger charge is 1.99. The van der Waals surface area contributed by atoms with Crippen molar-refractivity contribution < 1.29 is 9.47 Å². The van der Waals surface area contributed by atoms with Crippen molar-refractivity contribution in [2.45, 2.75) is 13.2 Å². The molecule has 0 aliphatic heterocycles. The average Bonchev–Trinajstić information content (AvgIpc) is 2.17. The third-order valence-corrected chi connectivity index (χ3v) is 1.72. The number of hydrogen-bond acceptors (Lipinski definition) is 2. The molecule has 1 aromatic rings. The second-order valence-corrected chi connectivity index (χ2v) is 2.65. The van der Waals surface area contributed by atoms with Gasteiger partial charge >= 0.3 is 0 Å². The Hall–Kier alpha value is -1.12. The minimum atomic E-state index is 0.497. The van der Waals surface area contributed by atoms with Crippen LogP contribution in [0.5, 0.6) is 11.5 Å². The second-order valence-electron chi connectivity index (χ2n) is 2.65. The van der Waals surface area contributed by atoms with Gasteiger partial charge in [-0.2, -0.15) is 0 Å². The van der Waals surface area contributed by atoms with Crippen molar-refractivity contribution in [3.8, 4) is 11.5 Å². The normalized spacial score (nSPS) is 9.69. The minimum Gasteiger partial charge on any atom is -0.497 e. The molecule has 0 N–H and O–H groups in total. The lowest BCUT2D eigenvalue weighted by Gasteiger charge is -2.08. The number of hydrogen-bond donors (Lipinski definition) is 0. The summed E-state index contributed by atoms with van der Waals surface area (Å²) >= 11 is 0. The van der Waals surface area contributed by atoms with Gasteiger partial charge in [-0.05, 0) is 24.6 Å². The maximum Gasteiger partial charge on any atom is 0.123 e. The van der Waals surface area contributed by atoms with Crippen LogP contribution in [0.15, 0.2) is 18.2 Å². The summed E-state index contributed by atoms with van der Waals surface area (Å²) in [4.78, 5) is 0. The van der Waals surface area contributed by atoms with Crippen molar-refractivity contribution in [3.05, 3.63) is 23.8 Å². The summed E-state index contributed by atoms with van der Waals surface area (Å²) in [6.07, 6.45) is 0.497. The van der Waals surface area contributed by atoms with Gasteiger partial charge in [-0.15, -0.1) is 0 Å². The van der Waals surface area contributed by atoms with Crippen LogP contribution in [0.25, 0.3) is 0 Å². The fraction of sp³-hybridized carbons (Fsp3) is 0.400. The molecule has 0 aliphatic rings. The monoisotopic (exact) mass is 176 g/mol. The SMILES string of the molecule is [B]Cc1cc(OC)cc(OCC)c1. The lowest BCUT2D eigenvalue weighted by Crippen LogP contribution is -1.94. The van der Waals surface area contributed by atoms with Crippen molar-refractivity contribution in [1.29, 1.82) is 0 Å². The molecule has 0 aliphatic carbocycles. The first-order chi connectivity index (χ1) is 6.30. The van der Waals surface area contributed by atoms with E-state index in [4.69, 9.17) is 17.3 Å². The zero-order chi connectivity index (χ0) is 9.68. The van der Waals surface area contributed by atoms with Gasteiger partial charge in [0.05, 0.1) is 21.6 Å². The molecular formula is C10H13BO2. The van der Waals surface area contributed by atoms with E-state index in [2.05, 4.69) is 0 Å². The van der Waals surface area contributed by atoms with Crippen LogP contribution in [0.4, 0.5) is 0 Å². The summed E-state index contributed by atoms with van der Waals surface area (Å²) in [5.41, 5.74) is 1.02. The Kier molecular flexibility index (Phi) is 3.68. The molecule has 2 radical (unpaired) electrons. The second kappa shape index (κ2) is 4.80. The largest absolute Gasteiger partial charge is 0.497 e. The molecule has 0 aromatic heterocycles. The maximum atomic E-state index is 5.53. The zero-order valence-corrected chi connectivity index (χ0v) is 8.04. The maximum absolute atomic E-state index is 5.53. The molecule has 68 valence electrons. The first-order valence-electron chi connectivity index (χ1n) is 4.31. The van der Waals surface area contributed by atoms with E-state index in [9.17, 15) is 0 Å². The highest BCUT2D eigenvalue weighted by atomic mass is 16.5. The van der Waals surface area contributed by atoms with Gasteiger partial charge in [0.1, 0.15) is 11.5 Å². The number of rotatable bonds is 4. The molecule has 0 unspecified atom stereocenters. The van der Waals surface area contributed by atoms with Crippen molar-refractivity contribution in [1.82, 2.24) is 0 Å². The molecular weight excluding hydrogens is 163 g/mol. The van der Waals surface area contributed by atoms with Gasteiger partial charge in [-0.3, -0.25) is 0 Å². The molecule has 0 heterocycles. The van der Waals surface area contributed by atoms with Gasteiger partial charge in [0, 0.05) is 6.07 Å². The van der Waals surface area contributed by atoms with E-state index in [0.29, 0.717) is 12.9 Å². The number of benzene rings is 1. The van der Waals surface area contributed by atoms with Crippen LogP contribution in [0, 0.1) is 0 Å². The third kappa shape index (κ3) is 2.69. The van der Waals surface area contributed by atoms with E-state index in [1.807, 2.05) is 25.1 Å². The van der Waals surface area contributed by atoms with E-state index in [1.54, 1.807) is 7.11 Å². The summed E-state index contributed by atoms with van der Waals surface area (Å²) in [7, 11) is 7.16. The summed E-state index contributed by atoms with van der Waals surface area (Å²) in [5.74, 6) is 1.59. The topological polar surface area (TPSA) is 18.5 Å². The van der Waals surface area contributed by atoms with Gasteiger partial charge in [0.15, 0.2) is 0 Å². The average molecular weight is 176 g/mol. The molecule has 0 fully saturated rings. The van der Waals surface area contributed by atoms with E-state index in [0.717, 1.165) is 17.1 Å². The standard InChI is InChI=1S/C10H13BO2/c1-3-13-10-5-8(7-11)4-9(6-10)12-2/h4-6H,3,7H2,1-2H3. The van der Waals surface area contributed by atoms with Crippen LogP contribution in [-0.2, 0) is 6.32 Å². The fourth-order valence-electron chi connectivity index (χ4n) is 1.12. The molecule has 2 nitrogen and oxygen atoms in total. The van der Waals surface area contributed by atoms with Crippen LogP contribution in [0.2, 0.25) is 0 Å². The Labute approximate surface area is 80.3 Å². The number of ether oxygens (including phenoxy) is 2. The van der Waals surface area contributed by atoms with Gasteiger partial charge in [0.25, 0.3) is 0 Å². The molecule has 1 aromatic carbocycles. The smallest absolute Gasteiger partial charge is 0.123 e. The Morgan fingerprint density at radius 2 is 1.92 bits per heavy atom. The number of methoxy groups -OCH3 is 1. The minimum absolute atomic E-state index is 0.497. The summed E-state index contributed by atoms with van der Waals surface area (Å²) in [6.45, 7) is 2.60. The molecule has 0 spiro atoms. The van der Waals surface area contributed by atoms with Gasteiger partial charge in [0.2, 0.25) is 0 Å². The van der Waals surface area contributed by atoms with Crippen molar-refractivity contribution >= 4 is 7.85 Å². The molecule has 0 atom stereocenters. The van der Waals surface area contributed by atoms with E-state index >= 15 is 0 Å². The first-order valence-corrected chi connectivity index (χ1v) is 4.31. The molecule has 0 saturated carbocycles. The predicted molar refractivity (Wildman–Crippen MR) is 53.6 cm³/mol. The molecule has 13 heavy (non-hydrogen) atoms. The van der Waals surface area contributed by atoms with Crippen LogP contribution in [0.3, 0.4) is 0 Å². The van der Waals surface area contributed by atoms with Gasteiger partial charge < -0.3 is 9.47 Å². The van der Waals surface area contributed by atoms with E-state index < -0.39 is 0 Å². The molecule has 0 amide bonds. The highest BCUT2D eigenvalue weighted by molar-refractivity contribution is 6.08. The Balaban J connectivity index is 2.93. The molecule has 3 heteroatoms. The first kappa shape index (κ1) is 9.97. The quantitative estimate of drug-likeness (QED) is 0.650.